The molecular formula is C5H14N2O. The molecule has 0 fully saturated rings. The van der Waals surface area contributed by atoms with Gasteiger partial charge in [0.05, 0.1) is 6.17 Å². The number of aliphatic hydroxyl groups excluding tert-OH is 1. The third kappa shape index (κ3) is 2.96. The zero-order valence-electron chi connectivity index (χ0n) is 5.17. The van der Waals surface area contributed by atoms with Gasteiger partial charge in [-0.15, -0.1) is 0 Å². The Hall–Kier alpha value is -0.120. The summed E-state index contributed by atoms with van der Waals surface area (Å²) in [5.41, 5.74) is 10.6. The van der Waals surface area contributed by atoms with E-state index in [0.717, 1.165) is 0 Å². The predicted molar refractivity (Wildman–Crippen MR) is 33.0 cm³/mol. The van der Waals surface area contributed by atoms with Crippen molar-refractivity contribution in [2.45, 2.75) is 19.5 Å². The molecule has 0 aromatic heterocycles. The van der Waals surface area contributed by atoms with Crippen LogP contribution in [-0.2, 0) is 0 Å². The molecule has 0 saturated heterocycles. The van der Waals surface area contributed by atoms with Crippen molar-refractivity contribution in [1.82, 2.24) is 0 Å². The summed E-state index contributed by atoms with van der Waals surface area (Å²) in [5, 5.41) is 8.37. The van der Waals surface area contributed by atoms with Crippen molar-refractivity contribution in [1.29, 1.82) is 0 Å². The number of nitrogens with two attached hydrogens (primary N) is 2. The fourth-order valence-corrected chi connectivity index (χ4v) is 0.396. The van der Waals surface area contributed by atoms with Crippen LogP contribution in [0.15, 0.2) is 0 Å². The molecule has 1 atom stereocenters. The Kier molecular flexibility index (Phi) is 3.77. The van der Waals surface area contributed by atoms with Crippen molar-refractivity contribution >= 4 is 0 Å². The van der Waals surface area contributed by atoms with Gasteiger partial charge in [0, 0.05) is 6.61 Å². The van der Waals surface area contributed by atoms with E-state index in [1.165, 1.54) is 0 Å². The van der Waals surface area contributed by atoms with Gasteiger partial charge in [0.1, 0.15) is 0 Å². The summed E-state index contributed by atoms with van der Waals surface area (Å²) in [4.78, 5) is 0. The van der Waals surface area contributed by atoms with Gasteiger partial charge in [-0.1, -0.05) is 6.92 Å². The van der Waals surface area contributed by atoms with Crippen molar-refractivity contribution < 1.29 is 5.11 Å². The quantitative estimate of drug-likeness (QED) is 0.427. The Morgan fingerprint density at radius 2 is 2.00 bits per heavy atom. The number of rotatable bonds is 3. The van der Waals surface area contributed by atoms with E-state index in [1.807, 2.05) is 6.92 Å². The summed E-state index contributed by atoms with van der Waals surface area (Å²) < 4.78 is 0. The molecule has 3 heteroatoms. The minimum absolute atomic E-state index is 0.173. The van der Waals surface area contributed by atoms with Crippen molar-refractivity contribution in [3.8, 4) is 0 Å². The van der Waals surface area contributed by atoms with Crippen LogP contribution in [0.2, 0.25) is 0 Å². The van der Waals surface area contributed by atoms with E-state index in [2.05, 4.69) is 0 Å². The van der Waals surface area contributed by atoms with Crippen LogP contribution in [0.1, 0.15) is 13.3 Å². The third-order valence-electron chi connectivity index (χ3n) is 1.24. The van der Waals surface area contributed by atoms with Gasteiger partial charge in [-0.2, -0.15) is 0 Å². The molecule has 1 unspecified atom stereocenters. The molecule has 0 bridgehead atoms. The maximum atomic E-state index is 8.37. The Morgan fingerprint density at radius 3 is 2.12 bits per heavy atom. The molecule has 0 aliphatic carbocycles. The highest BCUT2D eigenvalue weighted by molar-refractivity contribution is 4.60. The molecule has 0 rings (SSSR count). The number of hydrogen-bond acceptors (Lipinski definition) is 3. The zero-order chi connectivity index (χ0) is 6.57. The largest absolute Gasteiger partial charge is 0.396 e. The van der Waals surface area contributed by atoms with Crippen molar-refractivity contribution in [3.05, 3.63) is 0 Å². The molecule has 0 saturated carbocycles. The summed E-state index contributed by atoms with van der Waals surface area (Å²) in [6.07, 6.45) is 0.402. The molecule has 8 heavy (non-hydrogen) atoms. The van der Waals surface area contributed by atoms with Crippen LogP contribution >= 0.6 is 0 Å². The molecule has 0 amide bonds. The van der Waals surface area contributed by atoms with Crippen LogP contribution in [0.3, 0.4) is 0 Å². The van der Waals surface area contributed by atoms with Crippen LogP contribution in [0.25, 0.3) is 0 Å². The van der Waals surface area contributed by atoms with Crippen LogP contribution in [0.4, 0.5) is 0 Å². The first-order valence-electron chi connectivity index (χ1n) is 2.80. The van der Waals surface area contributed by atoms with Gasteiger partial charge < -0.3 is 16.6 Å². The van der Waals surface area contributed by atoms with Gasteiger partial charge in [-0.05, 0) is 12.3 Å². The third-order valence-corrected chi connectivity index (χ3v) is 1.24. The normalized spacial score (nSPS) is 14.6. The highest BCUT2D eigenvalue weighted by Gasteiger charge is 2.04. The number of hydrogen-bond donors (Lipinski definition) is 3. The summed E-state index contributed by atoms with van der Waals surface area (Å²) in [7, 11) is 0. The first-order chi connectivity index (χ1) is 3.68. The second-order valence-electron chi connectivity index (χ2n) is 2.07. The van der Waals surface area contributed by atoms with Crippen molar-refractivity contribution in [3.63, 3.8) is 0 Å². The predicted octanol–water partition coefficient (Wildman–Crippen LogP) is -0.752. The average Bonchev–Trinajstić information content (AvgIpc) is 1.67. The Bertz CT molecular complexity index is 56.4. The van der Waals surface area contributed by atoms with E-state index >= 15 is 0 Å². The van der Waals surface area contributed by atoms with Gasteiger partial charge in [0.2, 0.25) is 0 Å². The summed E-state index contributed by atoms with van der Waals surface area (Å²) in [6, 6.07) is 0. The molecule has 0 spiro atoms. The second-order valence-corrected chi connectivity index (χ2v) is 2.07. The van der Waals surface area contributed by atoms with Crippen LogP contribution < -0.4 is 11.5 Å². The fraction of sp³-hybridized carbons (Fsp3) is 1.00. The van der Waals surface area contributed by atoms with Crippen LogP contribution in [0.5, 0.6) is 0 Å². The van der Waals surface area contributed by atoms with Gasteiger partial charge in [0.15, 0.2) is 0 Å². The van der Waals surface area contributed by atoms with Crippen LogP contribution in [0, 0.1) is 5.92 Å². The highest BCUT2D eigenvalue weighted by Crippen LogP contribution is 1.99. The lowest BCUT2D eigenvalue weighted by Gasteiger charge is -2.12. The first kappa shape index (κ1) is 7.88. The fourth-order valence-electron chi connectivity index (χ4n) is 0.396. The zero-order valence-corrected chi connectivity index (χ0v) is 5.17. The standard InChI is InChI=1S/C5H14N2O/c1-4(2-3-8)5(6)7/h4-5,8H,2-3,6-7H2,1H3. The van der Waals surface area contributed by atoms with E-state index < -0.39 is 0 Å². The Labute approximate surface area is 49.7 Å². The maximum absolute atomic E-state index is 8.37. The number of aliphatic hydroxyl groups is 1. The van der Waals surface area contributed by atoms with Gasteiger partial charge in [-0.3, -0.25) is 0 Å². The lowest BCUT2D eigenvalue weighted by atomic mass is 10.1. The summed E-state index contributed by atoms with van der Waals surface area (Å²) in [6.45, 7) is 2.09. The molecule has 50 valence electrons. The van der Waals surface area contributed by atoms with E-state index in [0.29, 0.717) is 6.42 Å². The molecule has 0 aliphatic rings. The van der Waals surface area contributed by atoms with Gasteiger partial charge in [-0.25, -0.2) is 0 Å². The smallest absolute Gasteiger partial charge is 0.0548 e. The lowest BCUT2D eigenvalue weighted by molar-refractivity contribution is 0.251. The molecule has 0 aromatic rings. The summed E-state index contributed by atoms with van der Waals surface area (Å²) in [5.74, 6) is 0.222. The monoisotopic (exact) mass is 118 g/mol. The van der Waals surface area contributed by atoms with Crippen LogP contribution in [-0.4, -0.2) is 17.9 Å². The second kappa shape index (κ2) is 3.83. The van der Waals surface area contributed by atoms with E-state index in [4.69, 9.17) is 16.6 Å². The molecule has 5 N–H and O–H groups in total. The van der Waals surface area contributed by atoms with Gasteiger partial charge in [0.25, 0.3) is 0 Å². The maximum Gasteiger partial charge on any atom is 0.0548 e. The summed E-state index contributed by atoms with van der Waals surface area (Å²) >= 11 is 0. The molecular weight excluding hydrogens is 104 g/mol. The topological polar surface area (TPSA) is 72.3 Å². The van der Waals surface area contributed by atoms with Crippen molar-refractivity contribution in [2.24, 2.45) is 17.4 Å². The molecule has 0 aromatic carbocycles. The Balaban J connectivity index is 3.17. The molecule has 3 nitrogen and oxygen atoms in total. The molecule has 0 radical (unpaired) electrons. The average molecular weight is 118 g/mol. The molecule has 0 aliphatic heterocycles. The minimum Gasteiger partial charge on any atom is -0.396 e. The van der Waals surface area contributed by atoms with Gasteiger partial charge >= 0.3 is 0 Å². The van der Waals surface area contributed by atoms with E-state index in [9.17, 15) is 0 Å². The van der Waals surface area contributed by atoms with E-state index in [-0.39, 0.29) is 18.7 Å². The lowest BCUT2D eigenvalue weighted by Crippen LogP contribution is -2.37. The van der Waals surface area contributed by atoms with E-state index in [1.54, 1.807) is 0 Å². The highest BCUT2D eigenvalue weighted by atomic mass is 16.3. The molecule has 0 heterocycles. The minimum atomic E-state index is -0.290. The first-order valence-corrected chi connectivity index (χ1v) is 2.80. The van der Waals surface area contributed by atoms with Crippen molar-refractivity contribution in [2.75, 3.05) is 6.61 Å². The Morgan fingerprint density at radius 1 is 1.50 bits per heavy atom. The SMILES string of the molecule is CC(CCO)C(N)N.